The van der Waals surface area contributed by atoms with Crippen LogP contribution in [-0.2, 0) is 11.3 Å². The average molecular weight is 212 g/mol. The van der Waals surface area contributed by atoms with Gasteiger partial charge in [0.05, 0.1) is 12.6 Å². The Kier molecular flexibility index (Phi) is 4.23. The lowest BCUT2D eigenvalue weighted by Gasteiger charge is -2.16. The zero-order valence-corrected chi connectivity index (χ0v) is 8.93. The van der Waals surface area contributed by atoms with Crippen molar-refractivity contribution in [2.45, 2.75) is 32.9 Å². The Balaban J connectivity index is 2.36. The molecule has 1 aromatic rings. The van der Waals surface area contributed by atoms with E-state index >= 15 is 0 Å². The molecule has 0 saturated heterocycles. The molecule has 0 aromatic carbocycles. The lowest BCUT2D eigenvalue weighted by molar-refractivity contribution is -0.123. The summed E-state index contributed by atoms with van der Waals surface area (Å²) >= 11 is 0. The number of nitrogens with two attached hydrogens (primary N) is 1. The summed E-state index contributed by atoms with van der Waals surface area (Å²) in [6.07, 6.45) is 2.09. The minimum Gasteiger partial charge on any atom is -0.347 e. The van der Waals surface area contributed by atoms with Gasteiger partial charge in [0.1, 0.15) is 0 Å². The highest BCUT2D eigenvalue weighted by Gasteiger charge is 2.19. The Bertz CT molecular complexity index is 299. The lowest BCUT2D eigenvalue weighted by atomic mass is 9.99. The molecule has 15 heavy (non-hydrogen) atoms. The minimum atomic E-state index is -0.484. The molecule has 84 valence electrons. The van der Waals surface area contributed by atoms with Crippen molar-refractivity contribution in [1.82, 2.24) is 15.5 Å². The van der Waals surface area contributed by atoms with Gasteiger partial charge in [0.25, 0.3) is 0 Å². The highest BCUT2D eigenvalue weighted by atomic mass is 16.5. The van der Waals surface area contributed by atoms with E-state index in [0.29, 0.717) is 5.82 Å². The number of hydrogen-bond acceptors (Lipinski definition) is 5. The first-order valence-corrected chi connectivity index (χ1v) is 4.93. The van der Waals surface area contributed by atoms with Crippen LogP contribution < -0.4 is 11.1 Å². The van der Waals surface area contributed by atoms with Crippen LogP contribution in [0.5, 0.6) is 0 Å². The van der Waals surface area contributed by atoms with Crippen LogP contribution >= 0.6 is 0 Å². The van der Waals surface area contributed by atoms with E-state index in [4.69, 9.17) is 5.73 Å². The van der Waals surface area contributed by atoms with E-state index in [9.17, 15) is 4.79 Å². The molecule has 1 aromatic heterocycles. The normalized spacial score (nSPS) is 14.6. The van der Waals surface area contributed by atoms with Crippen molar-refractivity contribution in [2.75, 3.05) is 0 Å². The van der Waals surface area contributed by atoms with E-state index in [2.05, 4.69) is 20.0 Å². The second-order valence-electron chi connectivity index (χ2n) is 3.48. The molecule has 1 heterocycles. The number of carbonyl (C=O) groups is 1. The Morgan fingerprint density at radius 3 is 3.00 bits per heavy atom. The quantitative estimate of drug-likeness (QED) is 0.719. The summed E-state index contributed by atoms with van der Waals surface area (Å²) in [5, 5.41) is 6.22. The maximum atomic E-state index is 11.5. The van der Waals surface area contributed by atoms with Crippen LogP contribution in [0, 0.1) is 5.92 Å². The van der Waals surface area contributed by atoms with Gasteiger partial charge < -0.3 is 15.6 Å². The largest absolute Gasteiger partial charge is 0.347 e. The van der Waals surface area contributed by atoms with Crippen molar-refractivity contribution in [3.63, 3.8) is 0 Å². The molecular weight excluding hydrogens is 196 g/mol. The third kappa shape index (κ3) is 3.32. The monoisotopic (exact) mass is 212 g/mol. The summed E-state index contributed by atoms with van der Waals surface area (Å²) in [6.45, 7) is 4.19. The van der Waals surface area contributed by atoms with E-state index < -0.39 is 6.04 Å². The zero-order chi connectivity index (χ0) is 11.3. The van der Waals surface area contributed by atoms with Gasteiger partial charge in [0.15, 0.2) is 5.82 Å². The van der Waals surface area contributed by atoms with Crippen molar-refractivity contribution in [3.8, 4) is 0 Å². The van der Waals surface area contributed by atoms with Crippen LogP contribution in [0.15, 0.2) is 10.9 Å². The fourth-order valence-electron chi connectivity index (χ4n) is 1.07. The standard InChI is InChI=1S/C9H16N4O2/c1-3-6(2)8(10)9(14)11-4-7-12-5-15-13-7/h5-6,8H,3-4,10H2,1-2H3,(H,11,14)/t6-,8-/m0/s1. The summed E-state index contributed by atoms with van der Waals surface area (Å²) < 4.78 is 4.53. The molecule has 0 radical (unpaired) electrons. The van der Waals surface area contributed by atoms with Crippen LogP contribution in [0.3, 0.4) is 0 Å². The first-order chi connectivity index (χ1) is 7.15. The maximum absolute atomic E-state index is 11.5. The molecular formula is C9H16N4O2. The maximum Gasteiger partial charge on any atom is 0.237 e. The van der Waals surface area contributed by atoms with E-state index in [1.54, 1.807) is 0 Å². The van der Waals surface area contributed by atoms with Crippen LogP contribution in [0.25, 0.3) is 0 Å². The highest BCUT2D eigenvalue weighted by molar-refractivity contribution is 5.81. The fraction of sp³-hybridized carbons (Fsp3) is 0.667. The molecule has 0 aliphatic carbocycles. The molecule has 6 heteroatoms. The zero-order valence-electron chi connectivity index (χ0n) is 8.93. The Morgan fingerprint density at radius 2 is 2.47 bits per heavy atom. The van der Waals surface area contributed by atoms with Gasteiger partial charge in [-0.25, -0.2) is 0 Å². The smallest absolute Gasteiger partial charge is 0.237 e. The van der Waals surface area contributed by atoms with Gasteiger partial charge in [-0.05, 0) is 5.92 Å². The number of carbonyl (C=O) groups excluding carboxylic acids is 1. The Morgan fingerprint density at radius 1 is 1.73 bits per heavy atom. The highest BCUT2D eigenvalue weighted by Crippen LogP contribution is 2.05. The molecule has 0 aliphatic rings. The lowest BCUT2D eigenvalue weighted by Crippen LogP contribution is -2.44. The van der Waals surface area contributed by atoms with Crippen molar-refractivity contribution in [2.24, 2.45) is 11.7 Å². The molecule has 0 saturated carbocycles. The molecule has 2 atom stereocenters. The summed E-state index contributed by atoms with van der Waals surface area (Å²) in [6, 6.07) is -0.484. The average Bonchev–Trinajstić information content (AvgIpc) is 2.76. The van der Waals surface area contributed by atoms with Gasteiger partial charge in [-0.3, -0.25) is 4.79 Å². The summed E-state index contributed by atoms with van der Waals surface area (Å²) in [5.41, 5.74) is 5.73. The van der Waals surface area contributed by atoms with Gasteiger partial charge >= 0.3 is 0 Å². The van der Waals surface area contributed by atoms with Gasteiger partial charge in [-0.2, -0.15) is 4.98 Å². The minimum absolute atomic E-state index is 0.162. The van der Waals surface area contributed by atoms with Crippen molar-refractivity contribution >= 4 is 5.91 Å². The SMILES string of the molecule is CC[C@H](C)[C@H](N)C(=O)NCc1ncon1. The first-order valence-electron chi connectivity index (χ1n) is 4.93. The molecule has 0 bridgehead atoms. The van der Waals surface area contributed by atoms with Gasteiger partial charge in [-0.15, -0.1) is 0 Å². The predicted octanol–water partition coefficient (Wildman–Crippen LogP) is 0.0592. The fourth-order valence-corrected chi connectivity index (χ4v) is 1.07. The van der Waals surface area contributed by atoms with E-state index in [0.717, 1.165) is 6.42 Å². The molecule has 0 unspecified atom stereocenters. The molecule has 0 spiro atoms. The predicted molar refractivity (Wildman–Crippen MR) is 53.6 cm³/mol. The van der Waals surface area contributed by atoms with Crippen LogP contribution in [-0.4, -0.2) is 22.1 Å². The third-order valence-electron chi connectivity index (χ3n) is 2.39. The van der Waals surface area contributed by atoms with Crippen LogP contribution in [0.2, 0.25) is 0 Å². The number of nitrogens with one attached hydrogen (secondary N) is 1. The second kappa shape index (κ2) is 5.45. The second-order valence-corrected chi connectivity index (χ2v) is 3.48. The molecule has 0 fully saturated rings. The number of rotatable bonds is 5. The van der Waals surface area contributed by atoms with Gasteiger partial charge in [0, 0.05) is 0 Å². The summed E-state index contributed by atoms with van der Waals surface area (Å²) in [5.74, 6) is 0.420. The summed E-state index contributed by atoms with van der Waals surface area (Å²) in [4.78, 5) is 15.3. The number of aromatic nitrogens is 2. The van der Waals surface area contributed by atoms with Crippen LogP contribution in [0.4, 0.5) is 0 Å². The van der Waals surface area contributed by atoms with Gasteiger partial charge in [-0.1, -0.05) is 25.4 Å². The molecule has 6 nitrogen and oxygen atoms in total. The van der Waals surface area contributed by atoms with E-state index in [-0.39, 0.29) is 18.4 Å². The molecule has 0 aliphatic heterocycles. The first kappa shape index (κ1) is 11.6. The molecule has 1 amide bonds. The Labute approximate surface area is 88.2 Å². The third-order valence-corrected chi connectivity index (χ3v) is 2.39. The van der Waals surface area contributed by atoms with E-state index in [1.165, 1.54) is 6.39 Å². The van der Waals surface area contributed by atoms with Gasteiger partial charge in [0.2, 0.25) is 12.3 Å². The van der Waals surface area contributed by atoms with Crippen molar-refractivity contribution in [3.05, 3.63) is 12.2 Å². The Hall–Kier alpha value is -1.43. The topological polar surface area (TPSA) is 94.0 Å². The van der Waals surface area contributed by atoms with E-state index in [1.807, 2.05) is 13.8 Å². The van der Waals surface area contributed by atoms with Crippen molar-refractivity contribution < 1.29 is 9.32 Å². The molecule has 1 rings (SSSR count). The number of nitrogens with zero attached hydrogens (tertiary/aromatic N) is 2. The number of amides is 1. The summed E-state index contributed by atoms with van der Waals surface area (Å²) in [7, 11) is 0. The van der Waals surface area contributed by atoms with Crippen molar-refractivity contribution in [1.29, 1.82) is 0 Å². The molecule has 3 N–H and O–H groups in total. The number of hydrogen-bond donors (Lipinski definition) is 2. The van der Waals surface area contributed by atoms with Crippen LogP contribution in [0.1, 0.15) is 26.1 Å².